The summed E-state index contributed by atoms with van der Waals surface area (Å²) in [6.07, 6.45) is 2.06. The molecule has 0 aliphatic heterocycles. The molecule has 0 saturated carbocycles. The molecule has 0 saturated heterocycles. The van der Waals surface area contributed by atoms with Crippen molar-refractivity contribution < 1.29 is 9.84 Å². The van der Waals surface area contributed by atoms with Gasteiger partial charge in [0.15, 0.2) is 4.96 Å². The zero-order valence-corrected chi connectivity index (χ0v) is 17.3. The lowest BCUT2D eigenvalue weighted by atomic mass is 10.0. The smallest absolute Gasteiger partial charge is 0.195 e. The maximum absolute atomic E-state index is 10.1. The Balaban J connectivity index is 1.50. The molecule has 1 N–H and O–H groups in total. The molecule has 5 rings (SSSR count). The molecule has 2 aromatic heterocycles. The molecule has 5 aromatic rings. The van der Waals surface area contributed by atoms with Crippen LogP contribution in [0, 0.1) is 0 Å². The quantitative estimate of drug-likeness (QED) is 0.391. The van der Waals surface area contributed by atoms with Crippen molar-refractivity contribution in [1.82, 2.24) is 9.38 Å². The highest BCUT2D eigenvalue weighted by Gasteiger charge is 2.16. The lowest BCUT2D eigenvalue weighted by molar-refractivity contribution is 0.276. The van der Waals surface area contributed by atoms with Crippen molar-refractivity contribution in [2.24, 2.45) is 0 Å². The van der Waals surface area contributed by atoms with E-state index in [1.165, 1.54) is 0 Å². The van der Waals surface area contributed by atoms with Crippen LogP contribution in [0.4, 0.5) is 0 Å². The monoisotopic (exact) mass is 412 g/mol. The maximum Gasteiger partial charge on any atom is 0.195 e. The first-order chi connectivity index (χ1) is 14.8. The number of benzene rings is 3. The fourth-order valence-electron chi connectivity index (χ4n) is 3.61. The third kappa shape index (κ3) is 3.28. The van der Waals surface area contributed by atoms with Gasteiger partial charge in [0.05, 0.1) is 30.0 Å². The molecule has 148 valence electrons. The van der Waals surface area contributed by atoms with Gasteiger partial charge in [-0.25, -0.2) is 4.98 Å². The predicted molar refractivity (Wildman–Crippen MR) is 122 cm³/mol. The zero-order chi connectivity index (χ0) is 20.5. The van der Waals surface area contributed by atoms with Crippen LogP contribution in [0.3, 0.4) is 0 Å². The van der Waals surface area contributed by atoms with E-state index >= 15 is 0 Å². The summed E-state index contributed by atoms with van der Waals surface area (Å²) in [5.41, 5.74) is 6.03. The summed E-state index contributed by atoms with van der Waals surface area (Å²) in [5.74, 6) is 0.843. The average molecular weight is 413 g/mol. The van der Waals surface area contributed by atoms with Gasteiger partial charge in [-0.15, -0.1) is 0 Å². The van der Waals surface area contributed by atoms with Crippen LogP contribution in [0.5, 0.6) is 5.75 Å². The third-order valence-corrected chi connectivity index (χ3v) is 6.25. The Morgan fingerprint density at radius 1 is 0.833 bits per heavy atom. The molecule has 0 aliphatic rings. The molecule has 5 heteroatoms. The van der Waals surface area contributed by atoms with Gasteiger partial charge in [-0.3, -0.25) is 4.40 Å². The summed E-state index contributed by atoms with van der Waals surface area (Å²) >= 11 is 1.63. The molecule has 4 nitrogen and oxygen atoms in total. The lowest BCUT2D eigenvalue weighted by Crippen LogP contribution is -1.92. The fourth-order valence-corrected chi connectivity index (χ4v) is 4.62. The molecular formula is C25H20N2O2S. The number of rotatable bonds is 5. The van der Waals surface area contributed by atoms with Crippen molar-refractivity contribution in [3.63, 3.8) is 0 Å². The molecule has 0 spiro atoms. The predicted octanol–water partition coefficient (Wildman–Crippen LogP) is 5.90. The number of thiazole rings is 1. The number of hydrogen-bond acceptors (Lipinski definition) is 4. The van der Waals surface area contributed by atoms with Crippen LogP contribution >= 0.6 is 11.3 Å². The van der Waals surface area contributed by atoms with Crippen LogP contribution in [0.25, 0.3) is 37.8 Å². The molecule has 30 heavy (non-hydrogen) atoms. The van der Waals surface area contributed by atoms with E-state index in [-0.39, 0.29) is 6.61 Å². The van der Waals surface area contributed by atoms with E-state index in [1.807, 2.05) is 46.9 Å². The standard InChI is InChI=1S/C25H20N2O2S/c1-29-21-13-11-18(12-14-21)17-7-9-20(10-8-17)24-22(16-28)27-15-23(30-25(27)26-24)19-5-3-2-4-6-19/h2-15,28H,16H2,1H3. The van der Waals surface area contributed by atoms with Gasteiger partial charge in [0, 0.05) is 11.8 Å². The van der Waals surface area contributed by atoms with Crippen molar-refractivity contribution in [3.8, 4) is 38.6 Å². The Morgan fingerprint density at radius 2 is 1.47 bits per heavy atom. The van der Waals surface area contributed by atoms with Crippen molar-refractivity contribution in [3.05, 3.63) is 90.8 Å². The molecule has 2 heterocycles. The number of nitrogens with zero attached hydrogens (tertiary/aromatic N) is 2. The molecule has 0 aliphatic carbocycles. The normalized spacial score (nSPS) is 11.1. The molecule has 3 aromatic carbocycles. The van der Waals surface area contributed by atoms with E-state index < -0.39 is 0 Å². The van der Waals surface area contributed by atoms with Crippen LogP contribution in [-0.2, 0) is 6.61 Å². The summed E-state index contributed by atoms with van der Waals surface area (Å²) in [6, 6.07) is 26.5. The highest BCUT2D eigenvalue weighted by atomic mass is 32.1. The van der Waals surface area contributed by atoms with E-state index in [0.29, 0.717) is 0 Å². The number of aromatic nitrogens is 2. The minimum absolute atomic E-state index is 0.0678. The number of aliphatic hydroxyl groups excluding tert-OH is 1. The number of hydrogen-bond donors (Lipinski definition) is 1. The Bertz CT molecular complexity index is 1290. The van der Waals surface area contributed by atoms with Crippen LogP contribution < -0.4 is 4.74 Å². The third-order valence-electron chi connectivity index (χ3n) is 5.22. The van der Waals surface area contributed by atoms with Gasteiger partial charge in [-0.05, 0) is 28.8 Å². The van der Waals surface area contributed by atoms with Crippen molar-refractivity contribution in [2.75, 3.05) is 7.11 Å². The maximum atomic E-state index is 10.1. The lowest BCUT2D eigenvalue weighted by Gasteiger charge is -2.06. The number of imidazole rings is 1. The first kappa shape index (κ1) is 18.6. The Kier molecular flexibility index (Phi) is 4.83. The van der Waals surface area contributed by atoms with E-state index in [4.69, 9.17) is 9.72 Å². The molecule has 0 amide bonds. The highest BCUT2D eigenvalue weighted by molar-refractivity contribution is 7.20. The van der Waals surface area contributed by atoms with E-state index in [9.17, 15) is 5.11 Å². The molecule has 0 atom stereocenters. The van der Waals surface area contributed by atoms with Gasteiger partial charge in [-0.2, -0.15) is 0 Å². The number of ether oxygens (including phenoxy) is 1. The van der Waals surface area contributed by atoms with Crippen LogP contribution in [0.1, 0.15) is 5.69 Å². The largest absolute Gasteiger partial charge is 0.497 e. The highest BCUT2D eigenvalue weighted by Crippen LogP contribution is 2.34. The SMILES string of the molecule is COc1ccc(-c2ccc(-c3nc4sc(-c5ccccc5)cn4c3CO)cc2)cc1. The number of fused-ring (bicyclic) bond motifs is 1. The van der Waals surface area contributed by atoms with Gasteiger partial charge < -0.3 is 9.84 Å². The molecule has 0 fully saturated rings. The molecule has 0 radical (unpaired) electrons. The van der Waals surface area contributed by atoms with E-state index in [1.54, 1.807) is 18.4 Å². The summed E-state index contributed by atoms with van der Waals surface area (Å²) in [6.45, 7) is -0.0678. The second kappa shape index (κ2) is 7.78. The van der Waals surface area contributed by atoms with Gasteiger partial charge in [0.1, 0.15) is 5.75 Å². The topological polar surface area (TPSA) is 46.8 Å². The minimum Gasteiger partial charge on any atom is -0.497 e. The average Bonchev–Trinajstić information content (AvgIpc) is 3.38. The molecule has 0 unspecified atom stereocenters. The summed E-state index contributed by atoms with van der Waals surface area (Å²) in [7, 11) is 1.67. The first-order valence-corrected chi connectivity index (χ1v) is 10.5. The van der Waals surface area contributed by atoms with E-state index in [0.717, 1.165) is 49.2 Å². The van der Waals surface area contributed by atoms with Crippen LogP contribution in [-0.4, -0.2) is 21.6 Å². The first-order valence-electron chi connectivity index (χ1n) is 9.69. The van der Waals surface area contributed by atoms with E-state index in [2.05, 4.69) is 42.6 Å². The summed E-state index contributed by atoms with van der Waals surface area (Å²) < 4.78 is 7.23. The minimum atomic E-state index is -0.0678. The van der Waals surface area contributed by atoms with Gasteiger partial charge in [0.2, 0.25) is 0 Å². The molecule has 0 bridgehead atoms. The number of methoxy groups -OCH3 is 1. The second-order valence-corrected chi connectivity index (χ2v) is 7.99. The summed E-state index contributed by atoms with van der Waals surface area (Å²) in [4.78, 5) is 6.85. The van der Waals surface area contributed by atoms with Crippen molar-refractivity contribution in [2.45, 2.75) is 6.61 Å². The Morgan fingerprint density at radius 3 is 2.10 bits per heavy atom. The molecular weight excluding hydrogens is 392 g/mol. The van der Waals surface area contributed by atoms with Crippen molar-refractivity contribution >= 4 is 16.3 Å². The van der Waals surface area contributed by atoms with Gasteiger partial charge >= 0.3 is 0 Å². The zero-order valence-electron chi connectivity index (χ0n) is 16.4. The summed E-state index contributed by atoms with van der Waals surface area (Å²) in [5, 5.41) is 10.1. The van der Waals surface area contributed by atoms with Crippen LogP contribution in [0.2, 0.25) is 0 Å². The fraction of sp³-hybridized carbons (Fsp3) is 0.0800. The Hall–Kier alpha value is -3.41. The van der Waals surface area contributed by atoms with Crippen LogP contribution in [0.15, 0.2) is 85.1 Å². The van der Waals surface area contributed by atoms with Gasteiger partial charge in [0.25, 0.3) is 0 Å². The van der Waals surface area contributed by atoms with Crippen molar-refractivity contribution in [1.29, 1.82) is 0 Å². The van der Waals surface area contributed by atoms with Gasteiger partial charge in [-0.1, -0.05) is 78.1 Å². The second-order valence-electron chi connectivity index (χ2n) is 6.99. The number of aliphatic hydroxyl groups is 1. The Labute approximate surface area is 178 Å².